The summed E-state index contributed by atoms with van der Waals surface area (Å²) < 4.78 is 29.2. The van der Waals surface area contributed by atoms with E-state index in [2.05, 4.69) is 20.4 Å². The molecule has 0 radical (unpaired) electrons. The first-order valence-electron chi connectivity index (χ1n) is 8.10. The van der Waals surface area contributed by atoms with Crippen LogP contribution in [0.3, 0.4) is 0 Å². The van der Waals surface area contributed by atoms with Crippen molar-refractivity contribution in [2.24, 2.45) is 0 Å². The Morgan fingerprint density at radius 3 is 2.58 bits per heavy atom. The van der Waals surface area contributed by atoms with Gasteiger partial charge in [0.25, 0.3) is 10.0 Å². The maximum Gasteiger partial charge on any atom is 0.252 e. The van der Waals surface area contributed by atoms with Crippen molar-refractivity contribution in [1.29, 1.82) is 0 Å². The Balaban J connectivity index is 1.39. The van der Waals surface area contributed by atoms with Crippen LogP contribution in [0.25, 0.3) is 0 Å². The third-order valence-electron chi connectivity index (χ3n) is 4.46. The number of thiophene rings is 1. The van der Waals surface area contributed by atoms with Crippen molar-refractivity contribution in [3.05, 3.63) is 22.8 Å². The minimum atomic E-state index is -3.36. The third kappa shape index (κ3) is 3.10. The minimum Gasteiger partial charge on any atom is -0.293 e. The standard InChI is InChI=1S/C14H20N6O2S2/c1-11-2-5-14(23-11)24(21,22)19-8-6-18(7-9-19)10-13-15-16-17-20(13)12-3-4-12/h2,5,12H,3-4,6-10H2,1H3. The van der Waals surface area contributed by atoms with Crippen molar-refractivity contribution < 1.29 is 8.42 Å². The van der Waals surface area contributed by atoms with Gasteiger partial charge in [0.15, 0.2) is 5.82 Å². The van der Waals surface area contributed by atoms with E-state index in [9.17, 15) is 8.42 Å². The summed E-state index contributed by atoms with van der Waals surface area (Å²) in [6.07, 6.45) is 2.29. The molecule has 1 saturated carbocycles. The highest BCUT2D eigenvalue weighted by Crippen LogP contribution is 2.34. The van der Waals surface area contributed by atoms with Gasteiger partial charge in [-0.25, -0.2) is 13.1 Å². The van der Waals surface area contributed by atoms with E-state index in [1.807, 2.05) is 17.7 Å². The molecule has 1 aliphatic heterocycles. The molecular weight excluding hydrogens is 348 g/mol. The van der Waals surface area contributed by atoms with Gasteiger partial charge in [0.05, 0.1) is 12.6 Å². The van der Waals surface area contributed by atoms with Crippen LogP contribution in [-0.4, -0.2) is 64.0 Å². The molecular formula is C14H20N6O2S2. The van der Waals surface area contributed by atoms with E-state index in [4.69, 9.17) is 0 Å². The number of tetrazole rings is 1. The van der Waals surface area contributed by atoms with Crippen LogP contribution in [0.1, 0.15) is 29.6 Å². The van der Waals surface area contributed by atoms with Crippen molar-refractivity contribution in [3.63, 3.8) is 0 Å². The summed E-state index contributed by atoms with van der Waals surface area (Å²) in [5.41, 5.74) is 0. The van der Waals surface area contributed by atoms with Gasteiger partial charge < -0.3 is 0 Å². The number of aryl methyl sites for hydroxylation is 1. The molecule has 0 amide bonds. The van der Waals surface area contributed by atoms with E-state index in [0.29, 0.717) is 43.0 Å². The Hall–Kier alpha value is -1.36. The van der Waals surface area contributed by atoms with Gasteiger partial charge in [-0.15, -0.1) is 16.4 Å². The zero-order valence-corrected chi connectivity index (χ0v) is 15.1. The molecule has 4 rings (SSSR count). The van der Waals surface area contributed by atoms with Gasteiger partial charge in [0, 0.05) is 31.1 Å². The van der Waals surface area contributed by atoms with Crippen molar-refractivity contribution in [1.82, 2.24) is 29.4 Å². The Kier molecular flexibility index (Phi) is 4.15. The summed E-state index contributed by atoms with van der Waals surface area (Å²) in [6.45, 7) is 5.00. The molecule has 0 N–H and O–H groups in total. The topological polar surface area (TPSA) is 84.2 Å². The highest BCUT2D eigenvalue weighted by molar-refractivity contribution is 7.91. The normalized spacial score (nSPS) is 20.5. The Morgan fingerprint density at radius 1 is 1.21 bits per heavy atom. The summed E-state index contributed by atoms with van der Waals surface area (Å²) in [5, 5.41) is 12.0. The molecule has 3 heterocycles. The zero-order valence-electron chi connectivity index (χ0n) is 13.5. The number of rotatable bonds is 5. The average molecular weight is 368 g/mol. The van der Waals surface area contributed by atoms with Crippen LogP contribution in [0, 0.1) is 6.92 Å². The fourth-order valence-corrected chi connectivity index (χ4v) is 5.78. The van der Waals surface area contributed by atoms with Gasteiger partial charge in [0.1, 0.15) is 4.21 Å². The predicted octanol–water partition coefficient (Wildman–Crippen LogP) is 0.884. The molecule has 2 aromatic heterocycles. The number of nitrogens with zero attached hydrogens (tertiary/aromatic N) is 6. The molecule has 130 valence electrons. The smallest absolute Gasteiger partial charge is 0.252 e. The average Bonchev–Trinajstić information content (AvgIpc) is 3.14. The number of piperazine rings is 1. The van der Waals surface area contributed by atoms with Gasteiger partial charge in [-0.3, -0.25) is 4.90 Å². The highest BCUT2D eigenvalue weighted by Gasteiger charge is 2.31. The lowest BCUT2D eigenvalue weighted by Gasteiger charge is -2.33. The summed E-state index contributed by atoms with van der Waals surface area (Å²) in [5.74, 6) is 0.877. The molecule has 10 heteroatoms. The Bertz CT molecular complexity index is 818. The quantitative estimate of drug-likeness (QED) is 0.779. The second-order valence-corrected chi connectivity index (χ2v) is 9.77. The second-order valence-electron chi connectivity index (χ2n) is 6.32. The first kappa shape index (κ1) is 16.1. The van der Waals surface area contributed by atoms with Crippen LogP contribution in [0.4, 0.5) is 0 Å². The van der Waals surface area contributed by atoms with Crippen molar-refractivity contribution in [3.8, 4) is 0 Å². The minimum absolute atomic E-state index is 0.436. The molecule has 24 heavy (non-hydrogen) atoms. The number of sulfonamides is 1. The molecule has 0 unspecified atom stereocenters. The van der Waals surface area contributed by atoms with Gasteiger partial charge in [0.2, 0.25) is 0 Å². The summed E-state index contributed by atoms with van der Waals surface area (Å²) in [6, 6.07) is 4.01. The molecule has 1 aliphatic carbocycles. The van der Waals surface area contributed by atoms with Gasteiger partial charge in [-0.1, -0.05) is 0 Å². The first-order chi connectivity index (χ1) is 11.5. The maximum absolute atomic E-state index is 12.7. The van der Waals surface area contributed by atoms with Crippen LogP contribution < -0.4 is 0 Å². The number of hydrogen-bond donors (Lipinski definition) is 0. The molecule has 0 bridgehead atoms. The first-order valence-corrected chi connectivity index (χ1v) is 10.4. The van der Waals surface area contributed by atoms with Crippen LogP contribution in [0.2, 0.25) is 0 Å². The van der Waals surface area contributed by atoms with Crippen molar-refractivity contribution >= 4 is 21.4 Å². The van der Waals surface area contributed by atoms with E-state index in [1.165, 1.54) is 11.3 Å². The third-order valence-corrected chi connectivity index (χ3v) is 7.83. The largest absolute Gasteiger partial charge is 0.293 e. The zero-order chi connectivity index (χ0) is 16.7. The SMILES string of the molecule is Cc1ccc(S(=O)(=O)N2CCN(Cc3nnnn3C3CC3)CC2)s1. The molecule has 2 aromatic rings. The van der Waals surface area contributed by atoms with Crippen LogP contribution in [-0.2, 0) is 16.6 Å². The van der Waals surface area contributed by atoms with E-state index in [1.54, 1.807) is 10.4 Å². The van der Waals surface area contributed by atoms with E-state index < -0.39 is 10.0 Å². The monoisotopic (exact) mass is 368 g/mol. The lowest BCUT2D eigenvalue weighted by Crippen LogP contribution is -2.48. The van der Waals surface area contributed by atoms with Crippen LogP contribution >= 0.6 is 11.3 Å². The fraction of sp³-hybridized carbons (Fsp3) is 0.643. The van der Waals surface area contributed by atoms with Crippen LogP contribution in [0.15, 0.2) is 16.3 Å². The highest BCUT2D eigenvalue weighted by atomic mass is 32.2. The summed E-state index contributed by atoms with van der Waals surface area (Å²) in [4.78, 5) is 3.23. The molecule has 2 fully saturated rings. The van der Waals surface area contributed by atoms with E-state index >= 15 is 0 Å². The second kappa shape index (κ2) is 6.17. The fourth-order valence-electron chi connectivity index (χ4n) is 2.93. The van der Waals surface area contributed by atoms with Crippen molar-refractivity contribution in [2.45, 2.75) is 36.6 Å². The van der Waals surface area contributed by atoms with Crippen molar-refractivity contribution in [2.75, 3.05) is 26.2 Å². The van der Waals surface area contributed by atoms with E-state index in [-0.39, 0.29) is 0 Å². The Labute approximate surface area is 145 Å². The van der Waals surface area contributed by atoms with E-state index in [0.717, 1.165) is 23.5 Å². The van der Waals surface area contributed by atoms with Gasteiger partial charge in [-0.05, 0) is 42.3 Å². The Morgan fingerprint density at radius 2 is 1.96 bits per heavy atom. The number of aromatic nitrogens is 4. The lowest BCUT2D eigenvalue weighted by atomic mass is 10.3. The molecule has 1 saturated heterocycles. The van der Waals surface area contributed by atoms with Crippen LogP contribution in [0.5, 0.6) is 0 Å². The molecule has 0 aromatic carbocycles. The maximum atomic E-state index is 12.7. The summed E-state index contributed by atoms with van der Waals surface area (Å²) >= 11 is 1.33. The molecule has 8 nitrogen and oxygen atoms in total. The lowest BCUT2D eigenvalue weighted by molar-refractivity contribution is 0.175. The van der Waals surface area contributed by atoms with Gasteiger partial charge >= 0.3 is 0 Å². The van der Waals surface area contributed by atoms with Gasteiger partial charge in [-0.2, -0.15) is 4.31 Å². The summed E-state index contributed by atoms with van der Waals surface area (Å²) in [7, 11) is -3.36. The molecule has 2 aliphatic rings. The predicted molar refractivity (Wildman–Crippen MR) is 89.2 cm³/mol. The molecule has 0 atom stereocenters. The molecule has 0 spiro atoms. The number of hydrogen-bond acceptors (Lipinski definition) is 7.